The fraction of sp³-hybridized carbons (Fsp3) is 0.727. The summed E-state index contributed by atoms with van der Waals surface area (Å²) in [5.74, 6) is 1.28. The Hall–Kier alpha value is -1.08. The average Bonchev–Trinajstić information content (AvgIpc) is 2.78. The summed E-state index contributed by atoms with van der Waals surface area (Å²) in [6, 6.07) is 0.464. The summed E-state index contributed by atoms with van der Waals surface area (Å²) in [4.78, 5) is 10.6. The lowest BCUT2D eigenvalue weighted by Crippen LogP contribution is -2.30. The van der Waals surface area contributed by atoms with Crippen LogP contribution >= 0.6 is 11.8 Å². The second kappa shape index (κ2) is 8.10. The van der Waals surface area contributed by atoms with Crippen molar-refractivity contribution in [3.8, 4) is 0 Å². The molecule has 6 nitrogen and oxygen atoms in total. The molecule has 1 unspecified atom stereocenters. The van der Waals surface area contributed by atoms with E-state index in [1.165, 1.54) is 6.20 Å². The van der Waals surface area contributed by atoms with Crippen LogP contribution in [0.2, 0.25) is 0 Å². The summed E-state index contributed by atoms with van der Waals surface area (Å²) in [5, 5.41) is 19.4. The van der Waals surface area contributed by atoms with E-state index in [-0.39, 0.29) is 5.69 Å². The third-order valence-electron chi connectivity index (χ3n) is 2.49. The van der Waals surface area contributed by atoms with Gasteiger partial charge in [0.25, 0.3) is 0 Å². The van der Waals surface area contributed by atoms with Gasteiger partial charge in [-0.05, 0) is 24.9 Å². The molecule has 7 heteroatoms. The van der Waals surface area contributed by atoms with Gasteiger partial charge < -0.3 is 10.4 Å². The second-order valence-corrected chi connectivity index (χ2v) is 5.41. The highest BCUT2D eigenvalue weighted by Gasteiger charge is 2.08. The van der Waals surface area contributed by atoms with E-state index >= 15 is 0 Å². The SMILES string of the molecule is CCSCCC(C)NCCn1cc(C(=O)O)nn1. The Labute approximate surface area is 111 Å². The van der Waals surface area contributed by atoms with Crippen LogP contribution in [-0.2, 0) is 6.54 Å². The number of thioether (sulfide) groups is 1. The number of hydrogen-bond donors (Lipinski definition) is 2. The van der Waals surface area contributed by atoms with Crippen LogP contribution in [0.15, 0.2) is 6.20 Å². The van der Waals surface area contributed by atoms with Crippen molar-refractivity contribution in [3.63, 3.8) is 0 Å². The maximum atomic E-state index is 10.6. The Balaban J connectivity index is 2.18. The molecule has 1 aromatic rings. The molecule has 1 atom stereocenters. The Morgan fingerprint density at radius 1 is 1.67 bits per heavy atom. The molecule has 0 saturated heterocycles. The van der Waals surface area contributed by atoms with E-state index in [0.29, 0.717) is 12.6 Å². The van der Waals surface area contributed by atoms with Crippen LogP contribution < -0.4 is 5.32 Å². The molecule has 0 radical (unpaired) electrons. The highest BCUT2D eigenvalue weighted by atomic mass is 32.2. The number of carboxylic acid groups (broad SMARTS) is 1. The van der Waals surface area contributed by atoms with E-state index in [9.17, 15) is 4.79 Å². The summed E-state index contributed by atoms with van der Waals surface area (Å²) in [6.07, 6.45) is 2.58. The van der Waals surface area contributed by atoms with E-state index in [4.69, 9.17) is 5.11 Å². The lowest BCUT2D eigenvalue weighted by Gasteiger charge is -2.12. The van der Waals surface area contributed by atoms with Crippen molar-refractivity contribution in [2.24, 2.45) is 0 Å². The van der Waals surface area contributed by atoms with Gasteiger partial charge in [-0.25, -0.2) is 4.79 Å². The molecule has 0 amide bonds. The van der Waals surface area contributed by atoms with Crippen molar-refractivity contribution in [2.45, 2.75) is 32.9 Å². The van der Waals surface area contributed by atoms with Crippen LogP contribution in [0, 0.1) is 0 Å². The van der Waals surface area contributed by atoms with Gasteiger partial charge in [-0.1, -0.05) is 12.1 Å². The summed E-state index contributed by atoms with van der Waals surface area (Å²) < 4.78 is 1.55. The van der Waals surface area contributed by atoms with Gasteiger partial charge in [0.05, 0.1) is 12.7 Å². The largest absolute Gasteiger partial charge is 0.476 e. The number of hydrogen-bond acceptors (Lipinski definition) is 5. The molecule has 0 aliphatic carbocycles. The Kier molecular flexibility index (Phi) is 6.74. The fourth-order valence-corrected chi connectivity index (χ4v) is 2.25. The van der Waals surface area contributed by atoms with Crippen molar-refractivity contribution in [2.75, 3.05) is 18.1 Å². The molecule has 0 aliphatic rings. The molecule has 0 saturated carbocycles. The first-order valence-corrected chi connectivity index (χ1v) is 7.23. The van der Waals surface area contributed by atoms with Gasteiger partial charge in [-0.2, -0.15) is 11.8 Å². The minimum atomic E-state index is -1.04. The van der Waals surface area contributed by atoms with Gasteiger partial charge >= 0.3 is 5.97 Å². The van der Waals surface area contributed by atoms with Gasteiger partial charge in [0.1, 0.15) is 0 Å². The summed E-state index contributed by atoms with van der Waals surface area (Å²) >= 11 is 1.94. The molecule has 2 N–H and O–H groups in total. The molecule has 0 fully saturated rings. The zero-order chi connectivity index (χ0) is 13.4. The van der Waals surface area contributed by atoms with E-state index in [2.05, 4.69) is 29.5 Å². The van der Waals surface area contributed by atoms with Crippen molar-refractivity contribution in [1.29, 1.82) is 0 Å². The normalized spacial score (nSPS) is 12.6. The Morgan fingerprint density at radius 2 is 2.44 bits per heavy atom. The molecular weight excluding hydrogens is 252 g/mol. The molecule has 0 spiro atoms. The predicted octanol–water partition coefficient (Wildman–Crippen LogP) is 1.10. The standard InChI is InChI=1S/C11H20N4O2S/c1-3-18-7-4-9(2)12-5-6-15-8-10(11(16)17)13-14-15/h8-9,12H,3-7H2,1-2H3,(H,16,17). The van der Waals surface area contributed by atoms with Gasteiger partial charge in [0, 0.05) is 12.6 Å². The van der Waals surface area contributed by atoms with E-state index in [0.717, 1.165) is 24.5 Å². The number of rotatable bonds is 9. The number of nitrogens with zero attached hydrogens (tertiary/aromatic N) is 3. The van der Waals surface area contributed by atoms with Crippen LogP contribution in [0.5, 0.6) is 0 Å². The first-order valence-electron chi connectivity index (χ1n) is 6.08. The third-order valence-corrected chi connectivity index (χ3v) is 3.42. The zero-order valence-electron chi connectivity index (χ0n) is 10.8. The molecule has 18 heavy (non-hydrogen) atoms. The number of aromatic carboxylic acids is 1. The Bertz CT molecular complexity index is 370. The van der Waals surface area contributed by atoms with Crippen LogP contribution in [0.25, 0.3) is 0 Å². The summed E-state index contributed by atoms with van der Waals surface area (Å²) in [5.41, 5.74) is -0.0117. The van der Waals surface area contributed by atoms with Gasteiger partial charge in [-0.3, -0.25) is 4.68 Å². The van der Waals surface area contributed by atoms with E-state index < -0.39 is 5.97 Å². The smallest absolute Gasteiger partial charge is 0.358 e. The number of carboxylic acids is 1. The molecule has 1 rings (SSSR count). The van der Waals surface area contributed by atoms with Gasteiger partial charge in [0.15, 0.2) is 5.69 Å². The number of aromatic nitrogens is 3. The van der Waals surface area contributed by atoms with E-state index in [1.807, 2.05) is 11.8 Å². The van der Waals surface area contributed by atoms with Crippen molar-refractivity contribution < 1.29 is 9.90 Å². The quantitative estimate of drug-likeness (QED) is 0.655. The minimum absolute atomic E-state index is 0.0117. The zero-order valence-corrected chi connectivity index (χ0v) is 11.6. The maximum Gasteiger partial charge on any atom is 0.358 e. The monoisotopic (exact) mass is 272 g/mol. The van der Waals surface area contributed by atoms with Crippen molar-refractivity contribution >= 4 is 17.7 Å². The molecule has 102 valence electrons. The van der Waals surface area contributed by atoms with Crippen LogP contribution in [0.1, 0.15) is 30.8 Å². The van der Waals surface area contributed by atoms with Gasteiger partial charge in [0.2, 0.25) is 0 Å². The predicted molar refractivity (Wildman–Crippen MR) is 72.1 cm³/mol. The van der Waals surface area contributed by atoms with Gasteiger partial charge in [-0.15, -0.1) is 5.10 Å². The number of nitrogens with one attached hydrogen (secondary N) is 1. The van der Waals surface area contributed by atoms with Crippen LogP contribution in [0.4, 0.5) is 0 Å². The molecule has 0 bridgehead atoms. The lowest BCUT2D eigenvalue weighted by molar-refractivity contribution is 0.0690. The summed E-state index contributed by atoms with van der Waals surface area (Å²) in [7, 11) is 0. The van der Waals surface area contributed by atoms with Crippen LogP contribution in [0.3, 0.4) is 0 Å². The average molecular weight is 272 g/mol. The lowest BCUT2D eigenvalue weighted by atomic mass is 10.2. The fourth-order valence-electron chi connectivity index (χ4n) is 1.44. The first-order chi connectivity index (χ1) is 8.63. The van der Waals surface area contributed by atoms with Crippen LogP contribution in [-0.4, -0.2) is 50.2 Å². The Morgan fingerprint density at radius 3 is 3.06 bits per heavy atom. The molecule has 0 aliphatic heterocycles. The topological polar surface area (TPSA) is 80.0 Å². The minimum Gasteiger partial charge on any atom is -0.476 e. The second-order valence-electron chi connectivity index (χ2n) is 4.01. The van der Waals surface area contributed by atoms with E-state index in [1.54, 1.807) is 4.68 Å². The molecule has 1 heterocycles. The van der Waals surface area contributed by atoms with Crippen molar-refractivity contribution in [3.05, 3.63) is 11.9 Å². The number of carbonyl (C=O) groups is 1. The molecule has 0 aromatic carbocycles. The summed E-state index contributed by atoms with van der Waals surface area (Å²) in [6.45, 7) is 5.71. The highest BCUT2D eigenvalue weighted by Crippen LogP contribution is 2.03. The van der Waals surface area contributed by atoms with Crippen molar-refractivity contribution in [1.82, 2.24) is 20.3 Å². The highest BCUT2D eigenvalue weighted by molar-refractivity contribution is 7.99. The third kappa shape index (κ3) is 5.50. The molecular formula is C11H20N4O2S. The first kappa shape index (κ1) is 15.0. The molecule has 1 aromatic heterocycles. The maximum absolute atomic E-state index is 10.6.